The molecule has 0 aliphatic heterocycles. The quantitative estimate of drug-likeness (QED) is 0.788. The van der Waals surface area contributed by atoms with Crippen molar-refractivity contribution in [1.29, 1.82) is 0 Å². The molecule has 84 valence electrons. The van der Waals surface area contributed by atoms with E-state index in [0.29, 0.717) is 18.4 Å². The van der Waals surface area contributed by atoms with Crippen LogP contribution in [0.3, 0.4) is 0 Å². The molecule has 0 amide bonds. The summed E-state index contributed by atoms with van der Waals surface area (Å²) < 4.78 is 10.7. The highest BCUT2D eigenvalue weighted by Crippen LogP contribution is 2.23. The second-order valence-electron chi connectivity index (χ2n) is 3.47. The first-order chi connectivity index (χ1) is 7.83. The number of hydrogen-bond acceptors (Lipinski definition) is 3. The van der Waals surface area contributed by atoms with Gasteiger partial charge in [0.15, 0.2) is 0 Å². The topological polar surface area (TPSA) is 35.3 Å². The number of nitrogens with zero attached hydrogens (tertiary/aromatic N) is 1. The van der Waals surface area contributed by atoms with Crippen molar-refractivity contribution in [1.82, 2.24) is 4.98 Å². The molecular formula is C13H15NO2. The smallest absolute Gasteiger partial charge is 0.305 e. The molecule has 0 saturated heterocycles. The van der Waals surface area contributed by atoms with E-state index in [1.54, 1.807) is 6.20 Å². The summed E-state index contributed by atoms with van der Waals surface area (Å²) in [5.74, 6) is 1.07. The molecule has 16 heavy (non-hydrogen) atoms. The lowest BCUT2D eigenvalue weighted by molar-refractivity contribution is 0.260. The second-order valence-corrected chi connectivity index (χ2v) is 3.47. The van der Waals surface area contributed by atoms with E-state index in [1.807, 2.05) is 19.1 Å². The van der Waals surface area contributed by atoms with Crippen LogP contribution in [-0.2, 0) is 6.42 Å². The first-order valence-corrected chi connectivity index (χ1v) is 5.51. The van der Waals surface area contributed by atoms with Gasteiger partial charge in [-0.3, -0.25) is 0 Å². The van der Waals surface area contributed by atoms with E-state index < -0.39 is 0 Å². The van der Waals surface area contributed by atoms with E-state index in [9.17, 15) is 0 Å². The number of aryl methyl sites for hydroxylation is 1. The molecule has 1 heterocycles. The lowest BCUT2D eigenvalue weighted by Gasteiger charge is -1.98. The van der Waals surface area contributed by atoms with Crippen LogP contribution in [0.15, 0.2) is 34.9 Å². The molecule has 1 aromatic carbocycles. The molecule has 0 unspecified atom stereocenters. The van der Waals surface area contributed by atoms with Crippen molar-refractivity contribution in [2.45, 2.75) is 20.3 Å². The Bertz CT molecular complexity index is 445. The van der Waals surface area contributed by atoms with Crippen LogP contribution < -0.4 is 4.74 Å². The van der Waals surface area contributed by atoms with Gasteiger partial charge in [-0.15, -0.1) is 0 Å². The normalized spacial score (nSPS) is 10.4. The summed E-state index contributed by atoms with van der Waals surface area (Å²) in [6.45, 7) is 4.63. The van der Waals surface area contributed by atoms with Crippen molar-refractivity contribution in [3.63, 3.8) is 0 Å². The molecular weight excluding hydrogens is 202 g/mol. The zero-order valence-electron chi connectivity index (χ0n) is 9.56. The Morgan fingerprint density at radius 1 is 1.19 bits per heavy atom. The van der Waals surface area contributed by atoms with E-state index in [0.717, 1.165) is 12.0 Å². The van der Waals surface area contributed by atoms with E-state index in [4.69, 9.17) is 9.15 Å². The Balaban J connectivity index is 2.21. The molecule has 3 heteroatoms. The summed E-state index contributed by atoms with van der Waals surface area (Å²) in [6.07, 6.45) is 2.64. The van der Waals surface area contributed by atoms with Crippen molar-refractivity contribution < 1.29 is 9.15 Å². The first kappa shape index (κ1) is 10.7. The van der Waals surface area contributed by atoms with Gasteiger partial charge in [-0.25, -0.2) is 4.98 Å². The summed E-state index contributed by atoms with van der Waals surface area (Å²) in [4.78, 5) is 4.17. The van der Waals surface area contributed by atoms with Crippen LogP contribution in [0.2, 0.25) is 0 Å². The maximum absolute atomic E-state index is 5.45. The van der Waals surface area contributed by atoms with Crippen molar-refractivity contribution >= 4 is 0 Å². The van der Waals surface area contributed by atoms with Gasteiger partial charge in [0.05, 0.1) is 6.61 Å². The van der Waals surface area contributed by atoms with Gasteiger partial charge >= 0.3 is 5.95 Å². The Morgan fingerprint density at radius 3 is 2.56 bits per heavy atom. The largest absolute Gasteiger partial charge is 0.464 e. The summed E-state index contributed by atoms with van der Waals surface area (Å²) >= 11 is 0. The van der Waals surface area contributed by atoms with Crippen molar-refractivity contribution in [3.8, 4) is 17.4 Å². The van der Waals surface area contributed by atoms with Crippen LogP contribution in [0, 0.1) is 0 Å². The number of ether oxygens (including phenoxy) is 1. The van der Waals surface area contributed by atoms with Crippen LogP contribution in [0.5, 0.6) is 5.95 Å². The molecule has 0 radical (unpaired) electrons. The summed E-state index contributed by atoms with van der Waals surface area (Å²) in [6, 6.07) is 8.19. The third-order valence-electron chi connectivity index (χ3n) is 2.38. The Labute approximate surface area is 95.1 Å². The summed E-state index contributed by atoms with van der Waals surface area (Å²) in [7, 11) is 0. The predicted octanol–water partition coefficient (Wildman–Crippen LogP) is 3.30. The molecule has 1 aromatic heterocycles. The molecule has 2 aromatic rings. The lowest BCUT2D eigenvalue weighted by Crippen LogP contribution is -1.88. The average molecular weight is 217 g/mol. The first-order valence-electron chi connectivity index (χ1n) is 5.51. The predicted molar refractivity (Wildman–Crippen MR) is 62.5 cm³/mol. The maximum Gasteiger partial charge on any atom is 0.305 e. The third kappa shape index (κ3) is 2.24. The zero-order valence-corrected chi connectivity index (χ0v) is 9.56. The van der Waals surface area contributed by atoms with E-state index >= 15 is 0 Å². The van der Waals surface area contributed by atoms with Crippen LogP contribution in [0.25, 0.3) is 11.5 Å². The molecule has 0 spiro atoms. The third-order valence-corrected chi connectivity index (χ3v) is 2.38. The fourth-order valence-electron chi connectivity index (χ4n) is 1.48. The fraction of sp³-hybridized carbons (Fsp3) is 0.308. The van der Waals surface area contributed by atoms with Crippen LogP contribution >= 0.6 is 0 Å². The molecule has 0 N–H and O–H groups in total. The van der Waals surface area contributed by atoms with Gasteiger partial charge in [-0.05, 0) is 31.0 Å². The van der Waals surface area contributed by atoms with Gasteiger partial charge < -0.3 is 9.15 Å². The molecule has 0 aliphatic rings. The number of aromatic nitrogens is 1. The Morgan fingerprint density at radius 2 is 1.94 bits per heavy atom. The van der Waals surface area contributed by atoms with E-state index in [2.05, 4.69) is 24.0 Å². The number of benzene rings is 1. The summed E-state index contributed by atoms with van der Waals surface area (Å²) in [5.41, 5.74) is 2.28. The molecule has 0 atom stereocenters. The minimum absolute atomic E-state index is 0.470. The zero-order chi connectivity index (χ0) is 11.4. The summed E-state index contributed by atoms with van der Waals surface area (Å²) in [5, 5.41) is 0. The molecule has 0 bridgehead atoms. The highest BCUT2D eigenvalue weighted by molar-refractivity contribution is 5.53. The average Bonchev–Trinajstić information content (AvgIpc) is 2.78. The van der Waals surface area contributed by atoms with Gasteiger partial charge in [0, 0.05) is 5.56 Å². The number of hydrogen-bond donors (Lipinski definition) is 0. The van der Waals surface area contributed by atoms with E-state index in [1.165, 1.54) is 5.56 Å². The molecule has 3 nitrogen and oxygen atoms in total. The minimum Gasteiger partial charge on any atom is -0.464 e. The van der Waals surface area contributed by atoms with Gasteiger partial charge in [0.1, 0.15) is 6.20 Å². The molecule has 0 saturated carbocycles. The SMILES string of the molecule is CCOc1cnc(-c2ccc(CC)cc2)o1. The second kappa shape index (κ2) is 4.84. The maximum atomic E-state index is 5.45. The lowest BCUT2D eigenvalue weighted by atomic mass is 10.1. The standard InChI is InChI=1S/C13H15NO2/c1-3-10-5-7-11(8-6-10)13-14-9-12(16-13)15-4-2/h5-9H,3-4H2,1-2H3. The number of oxazole rings is 1. The van der Waals surface area contributed by atoms with Crippen molar-refractivity contribution in [2.75, 3.05) is 6.61 Å². The van der Waals surface area contributed by atoms with Crippen molar-refractivity contribution in [3.05, 3.63) is 36.0 Å². The van der Waals surface area contributed by atoms with E-state index in [-0.39, 0.29) is 0 Å². The van der Waals surface area contributed by atoms with Gasteiger partial charge in [-0.2, -0.15) is 0 Å². The molecule has 0 aliphatic carbocycles. The Kier molecular flexibility index (Phi) is 3.25. The van der Waals surface area contributed by atoms with Crippen LogP contribution in [-0.4, -0.2) is 11.6 Å². The van der Waals surface area contributed by atoms with Gasteiger partial charge in [-0.1, -0.05) is 19.1 Å². The van der Waals surface area contributed by atoms with Gasteiger partial charge in [0.25, 0.3) is 0 Å². The van der Waals surface area contributed by atoms with Crippen LogP contribution in [0.1, 0.15) is 19.4 Å². The Hall–Kier alpha value is -1.77. The van der Waals surface area contributed by atoms with Gasteiger partial charge in [0.2, 0.25) is 5.89 Å². The van der Waals surface area contributed by atoms with Crippen molar-refractivity contribution in [2.24, 2.45) is 0 Å². The van der Waals surface area contributed by atoms with Crippen LogP contribution in [0.4, 0.5) is 0 Å². The molecule has 2 rings (SSSR count). The highest BCUT2D eigenvalue weighted by atomic mass is 16.6. The number of rotatable bonds is 4. The monoisotopic (exact) mass is 217 g/mol. The molecule has 0 fully saturated rings. The minimum atomic E-state index is 0.470. The highest BCUT2D eigenvalue weighted by Gasteiger charge is 2.06. The fourth-order valence-corrected chi connectivity index (χ4v) is 1.48.